The number of nitrogens with zero attached hydrogens (tertiary/aromatic N) is 3. The zero-order valence-electron chi connectivity index (χ0n) is 12.5. The molecule has 0 aromatic heterocycles. The number of para-hydroxylation sites is 1. The number of terminal acetylenes is 1. The minimum atomic E-state index is -0.702. The van der Waals surface area contributed by atoms with Crippen LogP contribution >= 0.6 is 0 Å². The molecule has 0 bridgehead atoms. The van der Waals surface area contributed by atoms with Crippen molar-refractivity contribution in [2.75, 3.05) is 13.7 Å². The molecule has 0 amide bonds. The summed E-state index contributed by atoms with van der Waals surface area (Å²) in [6.07, 6.45) is 6.78. The number of hydrogen-bond donors (Lipinski definition) is 0. The number of methoxy groups -OCH3 is 1. The van der Waals surface area contributed by atoms with Crippen molar-refractivity contribution >= 4 is 11.7 Å². The minimum Gasteiger partial charge on any atom is -0.486 e. The van der Waals surface area contributed by atoms with E-state index in [9.17, 15) is 14.9 Å². The lowest BCUT2D eigenvalue weighted by molar-refractivity contribution is -0.385. The van der Waals surface area contributed by atoms with Crippen molar-refractivity contribution in [2.24, 2.45) is 10.2 Å². The minimum absolute atomic E-state index is 0.00375. The van der Waals surface area contributed by atoms with E-state index >= 15 is 0 Å². The van der Waals surface area contributed by atoms with Gasteiger partial charge in [0.25, 0.3) is 0 Å². The first-order chi connectivity index (χ1) is 11.0. The fourth-order valence-corrected chi connectivity index (χ4v) is 2.08. The summed E-state index contributed by atoms with van der Waals surface area (Å²) in [4.78, 5) is 22.2. The number of carbonyl (C=O) groups excluding carboxylic acids is 1. The molecule has 0 aliphatic carbocycles. The summed E-state index contributed by atoms with van der Waals surface area (Å²) in [6.45, 7) is 0.117. The Morgan fingerprint density at radius 2 is 2.17 bits per heavy atom. The zero-order chi connectivity index (χ0) is 16.9. The average Bonchev–Trinajstić information content (AvgIpc) is 3.32. The van der Waals surface area contributed by atoms with Crippen molar-refractivity contribution in [1.29, 1.82) is 0 Å². The van der Waals surface area contributed by atoms with Crippen LogP contribution in [-0.2, 0) is 4.74 Å². The highest BCUT2D eigenvalue weighted by atomic mass is 16.6. The third-order valence-corrected chi connectivity index (χ3v) is 3.40. The number of benzene rings is 1. The van der Waals surface area contributed by atoms with Crippen LogP contribution in [0.3, 0.4) is 0 Å². The van der Waals surface area contributed by atoms with E-state index in [0.717, 1.165) is 0 Å². The molecule has 120 valence electrons. The fraction of sp³-hybridized carbons (Fsp3) is 0.400. The summed E-state index contributed by atoms with van der Waals surface area (Å²) in [5.41, 5.74) is -0.847. The van der Waals surface area contributed by atoms with E-state index in [1.165, 1.54) is 25.3 Å². The molecule has 0 N–H and O–H groups in total. The molecule has 8 heteroatoms. The normalized spacial score (nSPS) is 13.9. The van der Waals surface area contributed by atoms with Gasteiger partial charge < -0.3 is 9.47 Å². The maximum Gasteiger partial charge on any atom is 0.341 e. The molecule has 2 rings (SSSR count). The Kier molecular flexibility index (Phi) is 4.91. The van der Waals surface area contributed by atoms with Gasteiger partial charge in [-0.1, -0.05) is 6.07 Å². The van der Waals surface area contributed by atoms with E-state index in [4.69, 9.17) is 11.2 Å². The van der Waals surface area contributed by atoms with Crippen LogP contribution in [0.25, 0.3) is 0 Å². The molecule has 1 aliphatic rings. The Morgan fingerprint density at radius 3 is 2.74 bits per heavy atom. The Labute approximate surface area is 132 Å². The third kappa shape index (κ3) is 3.83. The number of nitro benzene ring substituents is 1. The molecule has 1 aliphatic heterocycles. The average molecular weight is 317 g/mol. The van der Waals surface area contributed by atoms with Crippen molar-refractivity contribution in [3.05, 3.63) is 33.9 Å². The predicted molar refractivity (Wildman–Crippen MR) is 80.2 cm³/mol. The van der Waals surface area contributed by atoms with Crippen molar-refractivity contribution < 1.29 is 19.2 Å². The maximum absolute atomic E-state index is 11.7. The molecule has 0 fully saturated rings. The molecule has 8 nitrogen and oxygen atoms in total. The largest absolute Gasteiger partial charge is 0.486 e. The van der Waals surface area contributed by atoms with Gasteiger partial charge in [0.1, 0.15) is 5.56 Å². The van der Waals surface area contributed by atoms with Gasteiger partial charge in [-0.25, -0.2) is 4.79 Å². The van der Waals surface area contributed by atoms with E-state index in [1.54, 1.807) is 0 Å². The summed E-state index contributed by atoms with van der Waals surface area (Å²) in [7, 11) is 1.20. The predicted octanol–water partition coefficient (Wildman–Crippen LogP) is 2.73. The van der Waals surface area contributed by atoms with E-state index in [2.05, 4.69) is 20.9 Å². The van der Waals surface area contributed by atoms with Crippen molar-refractivity contribution in [3.63, 3.8) is 0 Å². The first kappa shape index (κ1) is 16.4. The van der Waals surface area contributed by atoms with Crippen LogP contribution in [0.4, 0.5) is 5.69 Å². The number of nitro groups is 1. The Morgan fingerprint density at radius 1 is 1.43 bits per heavy atom. The second-order valence-electron chi connectivity index (χ2n) is 4.89. The van der Waals surface area contributed by atoms with Gasteiger partial charge in [-0.05, 0) is 6.07 Å². The number of ether oxygens (including phenoxy) is 2. The molecule has 0 saturated carbocycles. The molecule has 0 radical (unpaired) electrons. The Bertz CT molecular complexity index is 687. The highest BCUT2D eigenvalue weighted by Crippen LogP contribution is 2.37. The topological polar surface area (TPSA) is 103 Å². The number of rotatable bonds is 8. The lowest BCUT2D eigenvalue weighted by Gasteiger charge is -2.12. The van der Waals surface area contributed by atoms with Crippen LogP contribution in [0.15, 0.2) is 28.4 Å². The van der Waals surface area contributed by atoms with Gasteiger partial charge in [0, 0.05) is 25.3 Å². The molecule has 1 heterocycles. The van der Waals surface area contributed by atoms with Gasteiger partial charge in [-0.3, -0.25) is 10.1 Å². The highest BCUT2D eigenvalue weighted by Gasteiger charge is 2.39. The number of carbonyl (C=O) groups is 1. The first-order valence-corrected chi connectivity index (χ1v) is 6.89. The summed E-state index contributed by atoms with van der Waals surface area (Å²) >= 11 is 0. The molecule has 0 spiro atoms. The van der Waals surface area contributed by atoms with E-state index in [0.29, 0.717) is 19.3 Å². The SMILES string of the molecule is C#CCCC1(CCOc2c(C(=O)OC)cccc2[N+](=O)[O-])N=N1. The Hall–Kier alpha value is -2.95. The third-order valence-electron chi connectivity index (χ3n) is 3.40. The van der Waals surface area contributed by atoms with Crippen LogP contribution in [-0.4, -0.2) is 30.3 Å². The maximum atomic E-state index is 11.7. The molecule has 1 aromatic rings. The van der Waals surface area contributed by atoms with Crippen LogP contribution in [0.1, 0.15) is 29.6 Å². The number of hydrogen-bond acceptors (Lipinski definition) is 7. The van der Waals surface area contributed by atoms with Crippen LogP contribution in [0, 0.1) is 22.5 Å². The monoisotopic (exact) mass is 317 g/mol. The highest BCUT2D eigenvalue weighted by molar-refractivity contribution is 5.94. The summed E-state index contributed by atoms with van der Waals surface area (Å²) in [5.74, 6) is 1.70. The standard InChI is InChI=1S/C15H15N3O5/c1-3-4-8-15(16-17-15)9-10-23-13-11(14(19)22-2)6-5-7-12(13)18(20)21/h1,5-7H,4,8-10H2,2H3. The molecule has 0 atom stereocenters. The quantitative estimate of drug-likeness (QED) is 0.317. The van der Waals surface area contributed by atoms with Gasteiger partial charge in [-0.15, -0.1) is 12.3 Å². The molecule has 23 heavy (non-hydrogen) atoms. The molecule has 0 unspecified atom stereocenters. The molecule has 1 aromatic carbocycles. The van der Waals surface area contributed by atoms with Gasteiger partial charge in [-0.2, -0.15) is 10.2 Å². The summed E-state index contributed by atoms with van der Waals surface area (Å²) < 4.78 is 10.1. The van der Waals surface area contributed by atoms with Gasteiger partial charge in [0.05, 0.1) is 18.6 Å². The van der Waals surface area contributed by atoms with Crippen LogP contribution in [0.2, 0.25) is 0 Å². The van der Waals surface area contributed by atoms with E-state index < -0.39 is 16.6 Å². The van der Waals surface area contributed by atoms with Crippen molar-refractivity contribution in [2.45, 2.75) is 24.9 Å². The Balaban J connectivity index is 2.10. The number of esters is 1. The molecular weight excluding hydrogens is 302 g/mol. The second kappa shape index (κ2) is 6.87. The molecule has 0 saturated heterocycles. The summed E-state index contributed by atoms with van der Waals surface area (Å²) in [5, 5.41) is 19.0. The van der Waals surface area contributed by atoms with E-state index in [-0.39, 0.29) is 23.6 Å². The van der Waals surface area contributed by atoms with Gasteiger partial charge >= 0.3 is 11.7 Å². The smallest absolute Gasteiger partial charge is 0.341 e. The van der Waals surface area contributed by atoms with Crippen LogP contribution in [0.5, 0.6) is 5.75 Å². The second-order valence-corrected chi connectivity index (χ2v) is 4.89. The molecular formula is C15H15N3O5. The van der Waals surface area contributed by atoms with Gasteiger partial charge in [0.15, 0.2) is 5.66 Å². The summed E-state index contributed by atoms with van der Waals surface area (Å²) in [6, 6.07) is 4.08. The zero-order valence-corrected chi connectivity index (χ0v) is 12.5. The van der Waals surface area contributed by atoms with E-state index in [1.807, 2.05) is 0 Å². The van der Waals surface area contributed by atoms with Crippen LogP contribution < -0.4 is 4.74 Å². The van der Waals surface area contributed by atoms with Crippen molar-refractivity contribution in [3.8, 4) is 18.1 Å². The van der Waals surface area contributed by atoms with Crippen molar-refractivity contribution in [1.82, 2.24) is 0 Å². The lowest BCUT2D eigenvalue weighted by atomic mass is 10.1. The van der Waals surface area contributed by atoms with Gasteiger partial charge in [0.2, 0.25) is 5.75 Å². The first-order valence-electron chi connectivity index (χ1n) is 6.89. The lowest BCUT2D eigenvalue weighted by Crippen LogP contribution is -2.16. The fourth-order valence-electron chi connectivity index (χ4n) is 2.08.